The molecule has 1 atom stereocenters. The fourth-order valence-corrected chi connectivity index (χ4v) is 2.14. The fourth-order valence-electron chi connectivity index (χ4n) is 2.14. The van der Waals surface area contributed by atoms with Crippen molar-refractivity contribution >= 4 is 0 Å². The van der Waals surface area contributed by atoms with Crippen LogP contribution in [0.3, 0.4) is 0 Å². The molecule has 0 spiro atoms. The Bertz CT molecular complexity index is 425. The third-order valence-corrected chi connectivity index (χ3v) is 2.95. The Labute approximate surface area is 96.4 Å². The summed E-state index contributed by atoms with van der Waals surface area (Å²) in [5, 5.41) is 0. The zero-order valence-corrected chi connectivity index (χ0v) is 9.27. The molecule has 0 fully saturated rings. The van der Waals surface area contributed by atoms with Gasteiger partial charge in [-0.25, -0.2) is 4.39 Å². The lowest BCUT2D eigenvalue weighted by Crippen LogP contribution is -2.19. The molecule has 17 heavy (non-hydrogen) atoms. The monoisotopic (exact) mass is 248 g/mol. The van der Waals surface area contributed by atoms with Crippen LogP contribution in [0.1, 0.15) is 24.5 Å². The average Bonchev–Trinajstić information content (AvgIpc) is 2.17. The Morgan fingerprint density at radius 3 is 2.59 bits per heavy atom. The predicted molar refractivity (Wildman–Crippen MR) is 54.3 cm³/mol. The van der Waals surface area contributed by atoms with Gasteiger partial charge in [0, 0.05) is 0 Å². The highest BCUT2D eigenvalue weighted by molar-refractivity contribution is 5.38. The molecule has 0 aliphatic heterocycles. The summed E-state index contributed by atoms with van der Waals surface area (Å²) in [6.45, 7) is 2.04. The van der Waals surface area contributed by atoms with Crippen molar-refractivity contribution in [1.29, 1.82) is 0 Å². The van der Waals surface area contributed by atoms with Crippen LogP contribution < -0.4 is 4.74 Å². The van der Waals surface area contributed by atoms with Crippen molar-refractivity contribution in [3.05, 3.63) is 29.1 Å². The minimum atomic E-state index is -4.85. The summed E-state index contributed by atoms with van der Waals surface area (Å²) >= 11 is 0. The number of benzene rings is 1. The number of rotatable bonds is 1. The summed E-state index contributed by atoms with van der Waals surface area (Å²) in [5.41, 5.74) is 1.54. The predicted octanol–water partition coefficient (Wildman–Crippen LogP) is 3.85. The number of hydrogen-bond donors (Lipinski definition) is 0. The minimum Gasteiger partial charge on any atom is -0.403 e. The zero-order valence-electron chi connectivity index (χ0n) is 9.27. The maximum absolute atomic E-state index is 13.4. The van der Waals surface area contributed by atoms with E-state index in [0.717, 1.165) is 23.6 Å². The van der Waals surface area contributed by atoms with Crippen LogP contribution in [-0.2, 0) is 12.8 Å². The number of alkyl halides is 3. The van der Waals surface area contributed by atoms with Crippen molar-refractivity contribution in [2.75, 3.05) is 0 Å². The van der Waals surface area contributed by atoms with E-state index in [4.69, 9.17) is 0 Å². The van der Waals surface area contributed by atoms with Crippen LogP contribution in [0.4, 0.5) is 17.6 Å². The van der Waals surface area contributed by atoms with E-state index in [-0.39, 0.29) is 0 Å². The van der Waals surface area contributed by atoms with E-state index in [2.05, 4.69) is 4.74 Å². The molecule has 2 rings (SSSR count). The van der Waals surface area contributed by atoms with Gasteiger partial charge in [-0.2, -0.15) is 0 Å². The molecule has 1 nitrogen and oxygen atoms in total. The minimum absolute atomic E-state index is 0.441. The number of aryl methyl sites for hydroxylation is 1. The molecule has 1 aromatic rings. The molecule has 0 saturated heterocycles. The number of fused-ring (bicyclic) bond motifs is 1. The Hall–Kier alpha value is -1.26. The second kappa shape index (κ2) is 4.20. The van der Waals surface area contributed by atoms with Gasteiger partial charge in [-0.3, -0.25) is 0 Å². The summed E-state index contributed by atoms with van der Waals surface area (Å²) in [5.74, 6) is -1.24. The molecule has 0 N–H and O–H groups in total. The third-order valence-electron chi connectivity index (χ3n) is 2.95. The van der Waals surface area contributed by atoms with Crippen LogP contribution in [0.15, 0.2) is 12.1 Å². The Morgan fingerprint density at radius 1 is 1.24 bits per heavy atom. The van der Waals surface area contributed by atoms with Crippen LogP contribution in [0, 0.1) is 11.7 Å². The second-order valence-electron chi connectivity index (χ2n) is 4.45. The van der Waals surface area contributed by atoms with Gasteiger partial charge in [0.15, 0.2) is 11.6 Å². The van der Waals surface area contributed by atoms with Crippen LogP contribution in [0.2, 0.25) is 0 Å². The van der Waals surface area contributed by atoms with Crippen LogP contribution >= 0.6 is 0 Å². The van der Waals surface area contributed by atoms with Crippen molar-refractivity contribution < 1.29 is 22.3 Å². The maximum atomic E-state index is 13.4. The van der Waals surface area contributed by atoms with E-state index < -0.39 is 17.9 Å². The number of hydrogen-bond acceptors (Lipinski definition) is 1. The first-order chi connectivity index (χ1) is 7.85. The molecular weight excluding hydrogens is 236 g/mol. The van der Waals surface area contributed by atoms with Crippen molar-refractivity contribution in [3.8, 4) is 5.75 Å². The van der Waals surface area contributed by atoms with Crippen molar-refractivity contribution in [1.82, 2.24) is 0 Å². The second-order valence-corrected chi connectivity index (χ2v) is 4.45. The van der Waals surface area contributed by atoms with Gasteiger partial charge in [0.1, 0.15) is 0 Å². The molecule has 0 radical (unpaired) electrons. The summed E-state index contributed by atoms with van der Waals surface area (Å²) in [6.07, 6.45) is -2.56. The first-order valence-corrected chi connectivity index (χ1v) is 5.42. The molecule has 1 aromatic carbocycles. The van der Waals surface area contributed by atoms with E-state index >= 15 is 0 Å². The fraction of sp³-hybridized carbons (Fsp3) is 0.500. The first-order valence-electron chi connectivity index (χ1n) is 5.42. The lowest BCUT2D eigenvalue weighted by atomic mass is 9.85. The van der Waals surface area contributed by atoms with Gasteiger partial charge in [0.2, 0.25) is 0 Å². The molecule has 0 heterocycles. The molecule has 0 bridgehead atoms. The first kappa shape index (κ1) is 12.2. The van der Waals surface area contributed by atoms with Gasteiger partial charge in [-0.1, -0.05) is 6.92 Å². The van der Waals surface area contributed by atoms with Crippen molar-refractivity contribution in [2.45, 2.75) is 32.5 Å². The van der Waals surface area contributed by atoms with Crippen LogP contribution in [0.25, 0.3) is 0 Å². The standard InChI is InChI=1S/C12H12F4O/c1-7-2-3-8-6-11(17-12(14,15)16)10(13)5-9(8)4-7/h5-7H,2-4H2,1H3. The number of halogens is 4. The van der Waals surface area contributed by atoms with E-state index in [1.54, 1.807) is 0 Å². The van der Waals surface area contributed by atoms with Gasteiger partial charge < -0.3 is 4.74 Å². The largest absolute Gasteiger partial charge is 0.573 e. The highest BCUT2D eigenvalue weighted by Gasteiger charge is 2.33. The summed E-state index contributed by atoms with van der Waals surface area (Å²) in [6, 6.07) is 2.33. The van der Waals surface area contributed by atoms with Gasteiger partial charge in [0.05, 0.1) is 0 Å². The van der Waals surface area contributed by atoms with E-state index in [0.29, 0.717) is 18.8 Å². The molecular formula is C12H12F4O. The molecule has 0 amide bonds. The van der Waals surface area contributed by atoms with Gasteiger partial charge in [0.25, 0.3) is 0 Å². The highest BCUT2D eigenvalue weighted by Crippen LogP contribution is 2.32. The van der Waals surface area contributed by atoms with E-state index in [9.17, 15) is 17.6 Å². The SMILES string of the molecule is CC1CCc2cc(OC(F)(F)F)c(F)cc2C1. The smallest absolute Gasteiger partial charge is 0.403 e. The van der Waals surface area contributed by atoms with Gasteiger partial charge in [-0.15, -0.1) is 13.2 Å². The van der Waals surface area contributed by atoms with Gasteiger partial charge >= 0.3 is 6.36 Å². The lowest BCUT2D eigenvalue weighted by molar-refractivity contribution is -0.275. The van der Waals surface area contributed by atoms with Crippen LogP contribution in [0.5, 0.6) is 5.75 Å². The third kappa shape index (κ3) is 2.90. The summed E-state index contributed by atoms with van der Waals surface area (Å²) in [4.78, 5) is 0. The molecule has 94 valence electrons. The summed E-state index contributed by atoms with van der Waals surface area (Å²) in [7, 11) is 0. The quantitative estimate of drug-likeness (QED) is 0.686. The van der Waals surface area contributed by atoms with E-state index in [1.165, 1.54) is 6.07 Å². The maximum Gasteiger partial charge on any atom is 0.573 e. The highest BCUT2D eigenvalue weighted by atomic mass is 19.4. The topological polar surface area (TPSA) is 9.23 Å². The molecule has 0 saturated carbocycles. The normalized spacial score (nSPS) is 19.9. The van der Waals surface area contributed by atoms with Gasteiger partial charge in [-0.05, 0) is 48.4 Å². The lowest BCUT2D eigenvalue weighted by Gasteiger charge is -2.22. The Morgan fingerprint density at radius 2 is 1.94 bits per heavy atom. The molecule has 1 aliphatic rings. The average molecular weight is 248 g/mol. The Balaban J connectivity index is 2.31. The van der Waals surface area contributed by atoms with Crippen molar-refractivity contribution in [2.24, 2.45) is 5.92 Å². The van der Waals surface area contributed by atoms with Crippen molar-refractivity contribution in [3.63, 3.8) is 0 Å². The molecule has 1 unspecified atom stereocenters. The zero-order chi connectivity index (χ0) is 12.6. The number of ether oxygens (including phenoxy) is 1. The molecule has 1 aliphatic carbocycles. The molecule has 5 heteroatoms. The molecule has 0 aromatic heterocycles. The van der Waals surface area contributed by atoms with Crippen LogP contribution in [-0.4, -0.2) is 6.36 Å². The Kier molecular flexibility index (Phi) is 3.02. The van der Waals surface area contributed by atoms with E-state index in [1.807, 2.05) is 6.92 Å². The summed E-state index contributed by atoms with van der Waals surface area (Å²) < 4.78 is 53.1.